The highest BCUT2D eigenvalue weighted by Gasteiger charge is 2.53. The molecule has 12 N–H and O–H groups in total. The summed E-state index contributed by atoms with van der Waals surface area (Å²) in [5.74, 6) is -0.286. The number of aliphatic hydroxyl groups is 11. The van der Waals surface area contributed by atoms with E-state index in [-0.39, 0.29) is 18.9 Å². The Morgan fingerprint density at radius 3 is 1.33 bits per heavy atom. The minimum absolute atomic E-state index is 0.239. The van der Waals surface area contributed by atoms with Crippen LogP contribution in [0, 0.1) is 0 Å². The zero-order valence-corrected chi connectivity index (χ0v) is 45.5. The summed E-state index contributed by atoms with van der Waals surface area (Å²) in [6.45, 7) is 1.64. The Labute approximate surface area is 448 Å². The van der Waals surface area contributed by atoms with Crippen LogP contribution in [-0.4, -0.2) is 193 Å². The van der Waals surface area contributed by atoms with Crippen LogP contribution in [0.2, 0.25) is 0 Å². The standard InChI is InChI=1S/C56H103NO18/c1-3-5-7-9-11-13-14-15-16-17-18-19-20-21-22-23-24-26-28-30-32-34-44(62)57-39(40(61)33-31-29-27-25-12-10-8-6-4-2)38-70-54-50(68)47(65)52(42(36-59)72-54)75-56-51(69)48(66)53(43(37-60)73-56)74-55-49(67)46(64)45(63)41(35-58)71-55/h12,25,31,33,39-43,45-56,58-61,63-69H,3-11,13-24,26-30,32,34-38H2,1-2H3,(H,57,62)/b25-12+,33-31+. The second-order valence-electron chi connectivity index (χ2n) is 21.1. The van der Waals surface area contributed by atoms with Gasteiger partial charge in [0.2, 0.25) is 5.91 Å². The van der Waals surface area contributed by atoms with Crippen molar-refractivity contribution in [3.63, 3.8) is 0 Å². The molecule has 0 aromatic heterocycles. The van der Waals surface area contributed by atoms with Crippen molar-refractivity contribution >= 4 is 5.91 Å². The lowest BCUT2D eigenvalue weighted by atomic mass is 9.96. The first kappa shape index (κ1) is 67.5. The maximum absolute atomic E-state index is 13.3. The van der Waals surface area contributed by atoms with Crippen molar-refractivity contribution in [1.82, 2.24) is 5.32 Å². The molecule has 0 bridgehead atoms. The van der Waals surface area contributed by atoms with E-state index < -0.39 is 124 Å². The molecule has 0 saturated carbocycles. The molecule has 0 aromatic rings. The molecule has 0 radical (unpaired) electrons. The van der Waals surface area contributed by atoms with Gasteiger partial charge >= 0.3 is 0 Å². The monoisotopic (exact) mass is 1080 g/mol. The minimum Gasteiger partial charge on any atom is -0.394 e. The van der Waals surface area contributed by atoms with Gasteiger partial charge in [0.25, 0.3) is 0 Å². The smallest absolute Gasteiger partial charge is 0.220 e. The number of rotatable bonds is 42. The zero-order valence-electron chi connectivity index (χ0n) is 45.5. The molecule has 3 saturated heterocycles. The molecule has 17 unspecified atom stereocenters. The molecule has 3 rings (SSSR count). The summed E-state index contributed by atoms with van der Waals surface area (Å²) >= 11 is 0. The molecule has 3 aliphatic rings. The van der Waals surface area contributed by atoms with Gasteiger partial charge in [-0.3, -0.25) is 4.79 Å². The quantitative estimate of drug-likeness (QED) is 0.0298. The minimum atomic E-state index is -1.98. The lowest BCUT2D eigenvalue weighted by Gasteiger charge is -2.48. The third-order valence-corrected chi connectivity index (χ3v) is 14.8. The molecular weight excluding hydrogens is 975 g/mol. The van der Waals surface area contributed by atoms with Crippen LogP contribution in [0.25, 0.3) is 0 Å². The summed E-state index contributed by atoms with van der Waals surface area (Å²) in [5.41, 5.74) is 0. The van der Waals surface area contributed by atoms with E-state index in [1.165, 1.54) is 116 Å². The second kappa shape index (κ2) is 40.4. The average molecular weight is 1080 g/mol. The maximum Gasteiger partial charge on any atom is 0.220 e. The number of hydrogen-bond acceptors (Lipinski definition) is 18. The molecule has 440 valence electrons. The summed E-state index contributed by atoms with van der Waals surface area (Å²) < 4.78 is 34.1. The molecule has 19 nitrogen and oxygen atoms in total. The first-order valence-electron chi connectivity index (χ1n) is 29.1. The van der Waals surface area contributed by atoms with Gasteiger partial charge in [0, 0.05) is 6.42 Å². The first-order valence-corrected chi connectivity index (χ1v) is 29.1. The Balaban J connectivity index is 1.46. The molecular formula is C56H103NO18. The van der Waals surface area contributed by atoms with Crippen molar-refractivity contribution in [3.8, 4) is 0 Å². The lowest BCUT2D eigenvalue weighted by Crippen LogP contribution is -2.66. The molecule has 1 amide bonds. The van der Waals surface area contributed by atoms with Crippen molar-refractivity contribution in [1.29, 1.82) is 0 Å². The summed E-state index contributed by atoms with van der Waals surface area (Å²) in [4.78, 5) is 13.3. The Hall–Kier alpha value is -1.73. The van der Waals surface area contributed by atoms with Gasteiger partial charge in [0.1, 0.15) is 73.2 Å². The van der Waals surface area contributed by atoms with Gasteiger partial charge in [-0.15, -0.1) is 0 Å². The number of hydrogen-bond donors (Lipinski definition) is 12. The van der Waals surface area contributed by atoms with Crippen LogP contribution in [0.5, 0.6) is 0 Å². The molecule has 0 aliphatic carbocycles. The number of carbonyl (C=O) groups excluding carboxylic acids is 1. The van der Waals surface area contributed by atoms with E-state index in [1.54, 1.807) is 6.08 Å². The van der Waals surface area contributed by atoms with E-state index in [4.69, 9.17) is 28.4 Å². The first-order chi connectivity index (χ1) is 36.3. The topological polar surface area (TPSA) is 307 Å². The number of amides is 1. The largest absolute Gasteiger partial charge is 0.394 e. The van der Waals surface area contributed by atoms with E-state index in [1.807, 2.05) is 6.08 Å². The summed E-state index contributed by atoms with van der Waals surface area (Å²) in [6.07, 6.45) is 13.4. The predicted molar refractivity (Wildman–Crippen MR) is 282 cm³/mol. The molecule has 0 aromatic carbocycles. The number of ether oxygens (including phenoxy) is 6. The molecule has 17 atom stereocenters. The van der Waals surface area contributed by atoms with Gasteiger partial charge in [-0.25, -0.2) is 0 Å². The SMILES string of the molecule is CCCCC/C=C/CC/C=C/C(O)C(COC1OC(CO)C(OC2OC(CO)C(OC3OC(CO)C(O)C(O)C3O)C(O)C2O)C(O)C1O)NC(=O)CCCCCCCCCCCCCCCCCCCCCCC. The summed E-state index contributed by atoms with van der Waals surface area (Å²) in [6, 6.07) is -0.983. The Morgan fingerprint density at radius 1 is 0.467 bits per heavy atom. The fraction of sp³-hybridized carbons (Fsp3) is 0.911. The van der Waals surface area contributed by atoms with Crippen LogP contribution in [0.4, 0.5) is 0 Å². The van der Waals surface area contributed by atoms with Crippen molar-refractivity contribution in [2.24, 2.45) is 0 Å². The third-order valence-electron chi connectivity index (χ3n) is 14.8. The van der Waals surface area contributed by atoms with Crippen LogP contribution in [-0.2, 0) is 33.2 Å². The predicted octanol–water partition coefficient (Wildman–Crippen LogP) is 4.37. The number of nitrogens with one attached hydrogen (secondary N) is 1. The van der Waals surface area contributed by atoms with Crippen LogP contribution in [0.3, 0.4) is 0 Å². The van der Waals surface area contributed by atoms with Crippen LogP contribution in [0.15, 0.2) is 24.3 Å². The number of unbranched alkanes of at least 4 members (excludes halogenated alkanes) is 24. The highest BCUT2D eigenvalue weighted by molar-refractivity contribution is 5.76. The molecule has 19 heteroatoms. The normalized spacial score (nSPS) is 31.3. The van der Waals surface area contributed by atoms with Gasteiger partial charge in [-0.2, -0.15) is 0 Å². The Morgan fingerprint density at radius 2 is 0.853 bits per heavy atom. The summed E-state index contributed by atoms with van der Waals surface area (Å²) in [5, 5.41) is 120. The van der Waals surface area contributed by atoms with Crippen molar-refractivity contribution in [2.75, 3.05) is 26.4 Å². The molecule has 3 fully saturated rings. The van der Waals surface area contributed by atoms with E-state index in [9.17, 15) is 61.0 Å². The van der Waals surface area contributed by atoms with E-state index >= 15 is 0 Å². The highest BCUT2D eigenvalue weighted by Crippen LogP contribution is 2.33. The fourth-order valence-electron chi connectivity index (χ4n) is 9.91. The van der Waals surface area contributed by atoms with Gasteiger partial charge in [-0.1, -0.05) is 179 Å². The third kappa shape index (κ3) is 25.1. The second-order valence-corrected chi connectivity index (χ2v) is 21.1. The Bertz CT molecular complexity index is 1480. The van der Waals surface area contributed by atoms with E-state index in [0.29, 0.717) is 12.8 Å². The average Bonchev–Trinajstić information content (AvgIpc) is 3.41. The van der Waals surface area contributed by atoms with E-state index in [0.717, 1.165) is 44.9 Å². The number of carbonyl (C=O) groups is 1. The molecule has 0 spiro atoms. The van der Waals surface area contributed by atoms with Crippen molar-refractivity contribution in [3.05, 3.63) is 24.3 Å². The maximum atomic E-state index is 13.3. The fourth-order valence-corrected chi connectivity index (χ4v) is 9.91. The van der Waals surface area contributed by atoms with Crippen molar-refractivity contribution in [2.45, 2.75) is 298 Å². The van der Waals surface area contributed by atoms with Crippen molar-refractivity contribution < 1.29 is 89.4 Å². The van der Waals surface area contributed by atoms with Gasteiger partial charge in [0.15, 0.2) is 18.9 Å². The molecule has 75 heavy (non-hydrogen) atoms. The van der Waals surface area contributed by atoms with Gasteiger partial charge < -0.3 is 89.9 Å². The van der Waals surface area contributed by atoms with E-state index in [2.05, 4.69) is 31.3 Å². The number of allylic oxidation sites excluding steroid dienone is 3. The van der Waals surface area contributed by atoms with Crippen LogP contribution < -0.4 is 5.32 Å². The van der Waals surface area contributed by atoms with Crippen LogP contribution >= 0.6 is 0 Å². The summed E-state index contributed by atoms with van der Waals surface area (Å²) in [7, 11) is 0. The highest BCUT2D eigenvalue weighted by atomic mass is 16.8. The Kier molecular flexibility index (Phi) is 36.4. The molecule has 3 aliphatic heterocycles. The number of aliphatic hydroxyl groups excluding tert-OH is 11. The van der Waals surface area contributed by atoms with Crippen LogP contribution in [0.1, 0.15) is 194 Å². The van der Waals surface area contributed by atoms with Gasteiger partial charge in [-0.05, 0) is 32.1 Å². The molecule has 3 heterocycles. The zero-order chi connectivity index (χ0) is 54.8. The lowest BCUT2D eigenvalue weighted by molar-refractivity contribution is -0.379. The van der Waals surface area contributed by atoms with Gasteiger partial charge in [0.05, 0.1) is 38.6 Å².